The Labute approximate surface area is 165 Å². The number of benzene rings is 2. The third kappa shape index (κ3) is 2.74. The first-order chi connectivity index (χ1) is 13.6. The number of hydrogen-bond donors (Lipinski definition) is 1. The number of nitriles is 1. The molecule has 2 aromatic carbocycles. The molecule has 2 aromatic heterocycles. The number of ether oxygens (including phenoxy) is 1. The molecule has 0 aliphatic carbocycles. The molecule has 28 heavy (non-hydrogen) atoms. The van der Waals surface area contributed by atoms with Crippen molar-refractivity contribution in [2.75, 3.05) is 6.61 Å². The van der Waals surface area contributed by atoms with Crippen molar-refractivity contribution < 1.29 is 8.62 Å². The molecule has 0 aliphatic heterocycles. The van der Waals surface area contributed by atoms with Crippen LogP contribution in [0, 0.1) is 18.3 Å². The highest BCUT2D eigenvalue weighted by Crippen LogP contribution is 2.39. The molecular weight excluding hydrogens is 375 g/mol. The topological polar surface area (TPSA) is 66.6 Å². The lowest BCUT2D eigenvalue weighted by molar-refractivity contribution is 0.339. The summed E-state index contributed by atoms with van der Waals surface area (Å²) in [6.45, 7) is 8.64. The van der Waals surface area contributed by atoms with Gasteiger partial charge in [-0.1, -0.05) is 6.58 Å². The molecule has 5 nitrogen and oxygen atoms in total. The Bertz CT molecular complexity index is 1270. The highest BCUT2D eigenvalue weighted by atomic mass is 32.2. The van der Waals surface area contributed by atoms with Crippen molar-refractivity contribution >= 4 is 39.8 Å². The Hall–Kier alpha value is -3.24. The van der Waals surface area contributed by atoms with E-state index in [1.165, 1.54) is 3.97 Å². The summed E-state index contributed by atoms with van der Waals surface area (Å²) in [6, 6.07) is 11.0. The number of halogens is 1. The normalized spacial score (nSPS) is 11.1. The second-order valence-corrected chi connectivity index (χ2v) is 6.86. The summed E-state index contributed by atoms with van der Waals surface area (Å²) in [7, 11) is 0. The first-order valence-electron chi connectivity index (χ1n) is 8.73. The van der Waals surface area contributed by atoms with Gasteiger partial charge in [-0.3, -0.25) is 0 Å². The number of imidazole rings is 1. The fourth-order valence-corrected chi connectivity index (χ4v) is 3.89. The quantitative estimate of drug-likeness (QED) is 0.484. The Morgan fingerprint density at radius 3 is 2.93 bits per heavy atom. The first-order valence-corrected chi connectivity index (χ1v) is 9.41. The fraction of sp³-hybridized carbons (Fsp3) is 0.143. The SMILES string of the molecule is C=C(c1c(OCC)cc(C)c2[nH]ccc12)c1nc2ccc(C#N)cc2n1SF. The van der Waals surface area contributed by atoms with Crippen LogP contribution in [0.15, 0.2) is 43.1 Å². The van der Waals surface area contributed by atoms with E-state index < -0.39 is 0 Å². The van der Waals surface area contributed by atoms with Gasteiger partial charge in [-0.15, -0.1) is 3.89 Å². The molecule has 0 bridgehead atoms. The van der Waals surface area contributed by atoms with Crippen molar-refractivity contribution in [2.45, 2.75) is 13.8 Å². The molecule has 0 unspecified atom stereocenters. The molecule has 0 saturated heterocycles. The van der Waals surface area contributed by atoms with Crippen molar-refractivity contribution in [1.82, 2.24) is 13.9 Å². The molecule has 4 rings (SSSR count). The Kier molecular flexibility index (Phi) is 4.57. The maximum atomic E-state index is 13.9. The monoisotopic (exact) mass is 392 g/mol. The van der Waals surface area contributed by atoms with Crippen LogP contribution in [0.2, 0.25) is 0 Å². The van der Waals surface area contributed by atoms with Gasteiger partial charge in [0.2, 0.25) is 0 Å². The van der Waals surface area contributed by atoms with Crippen LogP contribution in [0.1, 0.15) is 29.4 Å². The van der Waals surface area contributed by atoms with Crippen molar-refractivity contribution in [1.29, 1.82) is 5.26 Å². The second kappa shape index (κ2) is 7.06. The minimum atomic E-state index is 0.0389. The third-order valence-electron chi connectivity index (χ3n) is 4.69. The lowest BCUT2D eigenvalue weighted by Crippen LogP contribution is -2.01. The van der Waals surface area contributed by atoms with E-state index in [9.17, 15) is 3.89 Å². The summed E-state index contributed by atoms with van der Waals surface area (Å²) >= 11 is 0.0389. The van der Waals surface area contributed by atoms with Gasteiger partial charge in [-0.25, -0.2) is 8.96 Å². The third-order valence-corrected chi connectivity index (χ3v) is 5.19. The van der Waals surface area contributed by atoms with Gasteiger partial charge in [0.15, 0.2) is 18.2 Å². The van der Waals surface area contributed by atoms with E-state index in [4.69, 9.17) is 10.00 Å². The zero-order valence-corrected chi connectivity index (χ0v) is 16.2. The van der Waals surface area contributed by atoms with Crippen molar-refractivity contribution in [3.8, 4) is 11.8 Å². The number of fused-ring (bicyclic) bond motifs is 2. The molecule has 1 N–H and O–H groups in total. The number of hydrogen-bond acceptors (Lipinski definition) is 4. The van der Waals surface area contributed by atoms with E-state index in [2.05, 4.69) is 22.6 Å². The Balaban J connectivity index is 1.98. The number of rotatable bonds is 5. The van der Waals surface area contributed by atoms with Crippen LogP contribution in [-0.2, 0) is 0 Å². The van der Waals surface area contributed by atoms with Crippen LogP contribution in [0.4, 0.5) is 3.89 Å². The van der Waals surface area contributed by atoms with E-state index in [0.29, 0.717) is 40.4 Å². The van der Waals surface area contributed by atoms with E-state index in [1.807, 2.05) is 32.2 Å². The molecule has 7 heteroatoms. The molecule has 0 saturated carbocycles. The smallest absolute Gasteiger partial charge is 0.171 e. The van der Waals surface area contributed by atoms with Gasteiger partial charge in [-0.2, -0.15) is 5.26 Å². The lowest BCUT2D eigenvalue weighted by atomic mass is 9.98. The molecule has 0 amide bonds. The largest absolute Gasteiger partial charge is 0.493 e. The lowest BCUT2D eigenvalue weighted by Gasteiger charge is -2.15. The Morgan fingerprint density at radius 2 is 2.21 bits per heavy atom. The standard InChI is InChI=1S/C21H17FN4OS/c1-4-27-18-9-12(2)20-15(7-8-24-20)19(18)13(3)21-25-16-6-5-14(11-23)10-17(16)26(21)28-22/h5-10,24H,3-4H2,1-2H3. The molecule has 4 aromatic rings. The highest BCUT2D eigenvalue weighted by molar-refractivity contribution is 7.93. The van der Waals surface area contributed by atoms with Crippen LogP contribution in [-0.4, -0.2) is 20.5 Å². The van der Waals surface area contributed by atoms with Crippen molar-refractivity contribution in [2.24, 2.45) is 0 Å². The summed E-state index contributed by atoms with van der Waals surface area (Å²) in [5.41, 5.74) is 4.91. The average molecular weight is 392 g/mol. The van der Waals surface area contributed by atoms with Gasteiger partial charge in [0.05, 0.1) is 29.3 Å². The maximum absolute atomic E-state index is 13.9. The molecule has 0 spiro atoms. The number of nitrogens with one attached hydrogen (secondary N) is 1. The van der Waals surface area contributed by atoms with Crippen LogP contribution >= 0.6 is 12.3 Å². The molecule has 0 radical (unpaired) electrons. The number of aryl methyl sites for hydroxylation is 1. The van der Waals surface area contributed by atoms with E-state index >= 15 is 0 Å². The number of aromatic nitrogens is 3. The predicted octanol–water partition coefficient (Wildman–Crippen LogP) is 5.54. The van der Waals surface area contributed by atoms with Gasteiger partial charge in [0.25, 0.3) is 0 Å². The van der Waals surface area contributed by atoms with E-state index in [0.717, 1.165) is 22.0 Å². The van der Waals surface area contributed by atoms with Crippen molar-refractivity contribution in [3.63, 3.8) is 0 Å². The van der Waals surface area contributed by atoms with Crippen LogP contribution in [0.5, 0.6) is 5.75 Å². The number of H-pyrrole nitrogens is 1. The number of aromatic amines is 1. The molecular formula is C21H17FN4OS. The summed E-state index contributed by atoms with van der Waals surface area (Å²) in [5, 5.41) is 10.1. The highest BCUT2D eigenvalue weighted by Gasteiger charge is 2.22. The molecule has 2 heterocycles. The zero-order valence-electron chi connectivity index (χ0n) is 15.4. The summed E-state index contributed by atoms with van der Waals surface area (Å²) in [4.78, 5) is 7.81. The molecule has 0 aliphatic rings. The summed E-state index contributed by atoms with van der Waals surface area (Å²) < 4.78 is 21.1. The predicted molar refractivity (Wildman–Crippen MR) is 111 cm³/mol. The van der Waals surface area contributed by atoms with Crippen LogP contribution in [0.25, 0.3) is 27.5 Å². The van der Waals surface area contributed by atoms with Gasteiger partial charge in [0, 0.05) is 28.2 Å². The van der Waals surface area contributed by atoms with Crippen molar-refractivity contribution in [3.05, 3.63) is 65.6 Å². The fourth-order valence-electron chi connectivity index (χ4n) is 3.45. The molecule has 0 atom stereocenters. The van der Waals surface area contributed by atoms with Crippen LogP contribution < -0.4 is 4.74 Å². The molecule has 140 valence electrons. The van der Waals surface area contributed by atoms with Gasteiger partial charge in [0.1, 0.15) is 5.75 Å². The minimum Gasteiger partial charge on any atom is -0.493 e. The maximum Gasteiger partial charge on any atom is 0.171 e. The van der Waals surface area contributed by atoms with E-state index in [-0.39, 0.29) is 12.3 Å². The average Bonchev–Trinajstić information content (AvgIpc) is 3.32. The van der Waals surface area contributed by atoms with Gasteiger partial charge in [-0.05, 0) is 49.7 Å². The second-order valence-electron chi connectivity index (χ2n) is 6.36. The first kappa shape index (κ1) is 18.1. The Morgan fingerprint density at radius 1 is 1.39 bits per heavy atom. The summed E-state index contributed by atoms with van der Waals surface area (Å²) in [5.74, 6) is 1.06. The number of nitrogens with zero attached hydrogens (tertiary/aromatic N) is 3. The molecule has 0 fully saturated rings. The van der Waals surface area contributed by atoms with Crippen LogP contribution in [0.3, 0.4) is 0 Å². The minimum absolute atomic E-state index is 0.0389. The van der Waals surface area contributed by atoms with E-state index in [1.54, 1.807) is 18.2 Å². The van der Waals surface area contributed by atoms with Gasteiger partial charge < -0.3 is 9.72 Å². The zero-order chi connectivity index (χ0) is 19.8. The summed E-state index contributed by atoms with van der Waals surface area (Å²) in [6.07, 6.45) is 1.86. The van der Waals surface area contributed by atoms with Gasteiger partial charge >= 0.3 is 0 Å².